The molecule has 0 bridgehead atoms. The van der Waals surface area contributed by atoms with E-state index in [1.807, 2.05) is 0 Å². The SMILES string of the molecule is Cc1nc(COS(C)(=O)=O)c2c(n1)N1CCOCC1CCO2. The summed E-state index contributed by atoms with van der Waals surface area (Å²) < 4.78 is 38.6. The highest BCUT2D eigenvalue weighted by atomic mass is 32.2. The summed E-state index contributed by atoms with van der Waals surface area (Å²) in [6, 6.07) is 0.216. The van der Waals surface area contributed by atoms with E-state index in [0.717, 1.165) is 19.2 Å². The van der Waals surface area contributed by atoms with Crippen molar-refractivity contribution in [3.8, 4) is 5.75 Å². The smallest absolute Gasteiger partial charge is 0.264 e. The van der Waals surface area contributed by atoms with Crippen LogP contribution >= 0.6 is 0 Å². The molecule has 1 saturated heterocycles. The molecule has 122 valence electrons. The van der Waals surface area contributed by atoms with E-state index < -0.39 is 10.1 Å². The van der Waals surface area contributed by atoms with Crippen LogP contribution in [-0.4, -0.2) is 57.0 Å². The first-order chi connectivity index (χ1) is 10.4. The van der Waals surface area contributed by atoms with Gasteiger partial charge in [0, 0.05) is 13.0 Å². The molecule has 2 aliphatic heterocycles. The Morgan fingerprint density at radius 3 is 2.95 bits per heavy atom. The highest BCUT2D eigenvalue weighted by Gasteiger charge is 2.31. The van der Waals surface area contributed by atoms with Gasteiger partial charge >= 0.3 is 0 Å². The third-order valence-corrected chi connectivity index (χ3v) is 4.18. The van der Waals surface area contributed by atoms with Crippen LogP contribution < -0.4 is 9.64 Å². The van der Waals surface area contributed by atoms with Crippen molar-refractivity contribution in [3.63, 3.8) is 0 Å². The molecule has 22 heavy (non-hydrogen) atoms. The van der Waals surface area contributed by atoms with Crippen molar-refractivity contribution < 1.29 is 22.1 Å². The molecular weight excluding hydrogens is 310 g/mol. The van der Waals surface area contributed by atoms with Crippen LogP contribution in [-0.2, 0) is 25.6 Å². The van der Waals surface area contributed by atoms with E-state index in [2.05, 4.69) is 14.9 Å². The zero-order chi connectivity index (χ0) is 15.7. The van der Waals surface area contributed by atoms with Crippen molar-refractivity contribution in [1.82, 2.24) is 9.97 Å². The van der Waals surface area contributed by atoms with Gasteiger partial charge in [0.25, 0.3) is 10.1 Å². The maximum Gasteiger partial charge on any atom is 0.264 e. The number of ether oxygens (including phenoxy) is 2. The molecule has 1 aromatic heterocycles. The van der Waals surface area contributed by atoms with E-state index >= 15 is 0 Å². The summed E-state index contributed by atoms with van der Waals surface area (Å²) >= 11 is 0. The Balaban J connectivity index is 1.98. The van der Waals surface area contributed by atoms with Gasteiger partial charge in [0.2, 0.25) is 0 Å². The zero-order valence-corrected chi connectivity index (χ0v) is 13.4. The maximum atomic E-state index is 11.2. The number of rotatable bonds is 3. The minimum absolute atomic E-state index is 0.153. The van der Waals surface area contributed by atoms with Gasteiger partial charge in [0.15, 0.2) is 11.6 Å². The normalized spacial score (nSPS) is 21.5. The molecule has 1 atom stereocenters. The second-order valence-corrected chi connectivity index (χ2v) is 7.04. The second-order valence-electron chi connectivity index (χ2n) is 5.40. The zero-order valence-electron chi connectivity index (χ0n) is 12.6. The van der Waals surface area contributed by atoms with Gasteiger partial charge in [-0.3, -0.25) is 4.18 Å². The fourth-order valence-electron chi connectivity index (χ4n) is 2.68. The molecular formula is C13H19N3O5S. The number of fused-ring (bicyclic) bond motifs is 3. The summed E-state index contributed by atoms with van der Waals surface area (Å²) in [6.45, 7) is 4.12. The fourth-order valence-corrected chi connectivity index (χ4v) is 3.00. The molecule has 0 spiro atoms. The molecule has 3 heterocycles. The Morgan fingerprint density at radius 1 is 1.36 bits per heavy atom. The molecule has 8 nitrogen and oxygen atoms in total. The molecule has 1 aromatic rings. The molecule has 0 radical (unpaired) electrons. The number of hydrogen-bond acceptors (Lipinski definition) is 8. The van der Waals surface area contributed by atoms with Gasteiger partial charge in [0.05, 0.1) is 32.1 Å². The van der Waals surface area contributed by atoms with Crippen molar-refractivity contribution >= 4 is 15.9 Å². The minimum Gasteiger partial charge on any atom is -0.488 e. The van der Waals surface area contributed by atoms with Crippen molar-refractivity contribution in [2.75, 3.05) is 37.5 Å². The molecule has 0 aliphatic carbocycles. The molecule has 0 saturated carbocycles. The minimum atomic E-state index is -3.54. The van der Waals surface area contributed by atoms with E-state index in [4.69, 9.17) is 13.7 Å². The molecule has 1 fully saturated rings. The lowest BCUT2D eigenvalue weighted by Gasteiger charge is -2.35. The molecule has 0 amide bonds. The van der Waals surface area contributed by atoms with Crippen LogP contribution in [0, 0.1) is 6.92 Å². The summed E-state index contributed by atoms with van der Waals surface area (Å²) in [7, 11) is -3.54. The monoisotopic (exact) mass is 329 g/mol. The second kappa shape index (κ2) is 5.98. The molecule has 0 aromatic carbocycles. The Kier molecular flexibility index (Phi) is 4.20. The summed E-state index contributed by atoms with van der Waals surface area (Å²) in [5.74, 6) is 1.77. The predicted octanol–water partition coefficient (Wildman–Crippen LogP) is 0.249. The topological polar surface area (TPSA) is 90.9 Å². The number of morpholine rings is 1. The lowest BCUT2D eigenvalue weighted by Crippen LogP contribution is -2.45. The molecule has 9 heteroatoms. The van der Waals surface area contributed by atoms with Crippen molar-refractivity contribution in [2.24, 2.45) is 0 Å². The van der Waals surface area contributed by atoms with Gasteiger partial charge in [-0.05, 0) is 6.92 Å². The summed E-state index contributed by atoms with van der Waals surface area (Å²) in [5, 5.41) is 0. The number of aryl methyl sites for hydroxylation is 1. The molecule has 2 aliphatic rings. The number of nitrogens with zero attached hydrogens (tertiary/aromatic N) is 3. The summed E-state index contributed by atoms with van der Waals surface area (Å²) in [4.78, 5) is 10.9. The average molecular weight is 329 g/mol. The van der Waals surface area contributed by atoms with E-state index in [1.54, 1.807) is 6.92 Å². The van der Waals surface area contributed by atoms with Crippen molar-refractivity contribution in [3.05, 3.63) is 11.5 Å². The number of hydrogen-bond donors (Lipinski definition) is 0. The van der Waals surface area contributed by atoms with E-state index in [9.17, 15) is 8.42 Å². The average Bonchev–Trinajstić information content (AvgIpc) is 2.64. The van der Waals surface area contributed by atoms with E-state index in [-0.39, 0.29) is 12.6 Å². The fraction of sp³-hybridized carbons (Fsp3) is 0.692. The van der Waals surface area contributed by atoms with Gasteiger partial charge in [-0.25, -0.2) is 9.97 Å². The molecule has 0 N–H and O–H groups in total. The van der Waals surface area contributed by atoms with Crippen molar-refractivity contribution in [1.29, 1.82) is 0 Å². The first kappa shape index (κ1) is 15.4. The van der Waals surface area contributed by atoms with Crippen LogP contribution in [0.3, 0.4) is 0 Å². The Morgan fingerprint density at radius 2 is 2.18 bits per heavy atom. The Bertz CT molecular complexity index is 664. The van der Waals surface area contributed by atoms with Crippen LogP contribution in [0.1, 0.15) is 17.9 Å². The summed E-state index contributed by atoms with van der Waals surface area (Å²) in [5.41, 5.74) is 0.458. The Hall–Kier alpha value is -1.45. The number of aromatic nitrogens is 2. The quantitative estimate of drug-likeness (QED) is 0.729. The highest BCUT2D eigenvalue weighted by Crippen LogP contribution is 2.35. The number of anilines is 1. The van der Waals surface area contributed by atoms with Gasteiger partial charge in [-0.1, -0.05) is 0 Å². The summed E-state index contributed by atoms with van der Waals surface area (Å²) in [6.07, 6.45) is 1.83. The standard InChI is InChI=1S/C13H19N3O5S/c1-9-14-11(8-21-22(2,17)18)12-13(15-9)16-4-6-19-7-10(16)3-5-20-12/h10H,3-8H2,1-2H3. The maximum absolute atomic E-state index is 11.2. The first-order valence-corrected chi connectivity index (χ1v) is 8.95. The third-order valence-electron chi connectivity index (χ3n) is 3.64. The van der Waals surface area contributed by atoms with Gasteiger partial charge < -0.3 is 14.4 Å². The molecule has 3 rings (SSSR count). The first-order valence-electron chi connectivity index (χ1n) is 7.13. The van der Waals surface area contributed by atoms with Crippen molar-refractivity contribution in [2.45, 2.75) is 26.0 Å². The highest BCUT2D eigenvalue weighted by molar-refractivity contribution is 7.85. The van der Waals surface area contributed by atoms with Gasteiger partial charge in [-0.2, -0.15) is 8.42 Å². The third kappa shape index (κ3) is 3.31. The van der Waals surface area contributed by atoms with Gasteiger partial charge in [0.1, 0.15) is 18.1 Å². The Labute approximate surface area is 129 Å². The van der Waals surface area contributed by atoms with Gasteiger partial charge in [-0.15, -0.1) is 0 Å². The lowest BCUT2D eigenvalue weighted by molar-refractivity contribution is 0.0894. The van der Waals surface area contributed by atoms with Crippen LogP contribution in [0.4, 0.5) is 5.82 Å². The van der Waals surface area contributed by atoms with Crippen LogP contribution in [0.15, 0.2) is 0 Å². The van der Waals surface area contributed by atoms with Crippen LogP contribution in [0.5, 0.6) is 5.75 Å². The van der Waals surface area contributed by atoms with E-state index in [0.29, 0.717) is 42.9 Å². The lowest BCUT2D eigenvalue weighted by atomic mass is 10.1. The van der Waals surface area contributed by atoms with E-state index in [1.165, 1.54) is 0 Å². The largest absolute Gasteiger partial charge is 0.488 e. The van der Waals surface area contributed by atoms with Crippen LogP contribution in [0.2, 0.25) is 0 Å². The molecule has 1 unspecified atom stereocenters. The predicted molar refractivity (Wildman–Crippen MR) is 78.5 cm³/mol. The van der Waals surface area contributed by atoms with Crippen LogP contribution in [0.25, 0.3) is 0 Å².